The summed E-state index contributed by atoms with van der Waals surface area (Å²) in [6.07, 6.45) is 1.97. The number of carbonyl (C=O) groups excluding carboxylic acids is 2. The summed E-state index contributed by atoms with van der Waals surface area (Å²) in [5.74, 6) is -1.23. The van der Waals surface area contributed by atoms with Crippen LogP contribution in [0.25, 0.3) is 0 Å². The third kappa shape index (κ3) is 6.21. The second-order valence-electron chi connectivity index (χ2n) is 4.80. The number of halogens is 2. The van der Waals surface area contributed by atoms with Gasteiger partial charge >= 0.3 is 5.97 Å². The highest BCUT2D eigenvalue weighted by molar-refractivity contribution is 7.89. The summed E-state index contributed by atoms with van der Waals surface area (Å²) in [4.78, 5) is 23.3. The molecule has 0 aliphatic carbocycles. The Morgan fingerprint density at radius 2 is 2.04 bits per heavy atom. The number of rotatable bonds is 9. The van der Waals surface area contributed by atoms with E-state index in [-0.39, 0.29) is 13.6 Å². The molecule has 1 unspecified atom stereocenters. The molecule has 7 nitrogen and oxygen atoms in total. The molecule has 0 saturated carbocycles. The summed E-state index contributed by atoms with van der Waals surface area (Å²) in [6, 6.07) is 0.388. The van der Waals surface area contributed by atoms with Crippen molar-refractivity contribution in [3.05, 3.63) is 14.7 Å². The number of nitrogens with one attached hydrogen (secondary N) is 2. The van der Waals surface area contributed by atoms with Gasteiger partial charge in [0.05, 0.1) is 18.0 Å². The van der Waals surface area contributed by atoms with E-state index in [2.05, 4.69) is 14.8 Å². The maximum atomic E-state index is 12.1. The Labute approximate surface area is 154 Å². The molecule has 0 spiro atoms. The van der Waals surface area contributed by atoms with Crippen LogP contribution in [-0.2, 0) is 24.3 Å². The summed E-state index contributed by atoms with van der Waals surface area (Å²) < 4.78 is 31.2. The highest BCUT2D eigenvalue weighted by Crippen LogP contribution is 2.33. The van der Waals surface area contributed by atoms with Crippen molar-refractivity contribution < 1.29 is 22.7 Å². The Balaban J connectivity index is 2.66. The van der Waals surface area contributed by atoms with Crippen molar-refractivity contribution in [1.29, 1.82) is 0 Å². The number of sulfonamides is 1. The van der Waals surface area contributed by atoms with E-state index in [0.717, 1.165) is 24.2 Å². The van der Waals surface area contributed by atoms with E-state index in [4.69, 9.17) is 23.2 Å². The Morgan fingerprint density at radius 1 is 1.38 bits per heavy atom. The topological polar surface area (TPSA) is 102 Å². The SMILES string of the molecule is CCCCC(NC(=O)CNS(=O)(=O)c1cc(Cl)sc1Cl)C(=O)OC. The fourth-order valence-corrected chi connectivity index (χ4v) is 4.92. The number of hydrogen-bond acceptors (Lipinski definition) is 6. The van der Waals surface area contributed by atoms with E-state index in [1.807, 2.05) is 6.92 Å². The van der Waals surface area contributed by atoms with Crippen LogP contribution in [0.1, 0.15) is 26.2 Å². The third-order valence-corrected chi connectivity index (χ3v) is 6.16. The summed E-state index contributed by atoms with van der Waals surface area (Å²) >= 11 is 12.4. The van der Waals surface area contributed by atoms with Crippen molar-refractivity contribution in [2.75, 3.05) is 13.7 Å². The van der Waals surface area contributed by atoms with Crippen molar-refractivity contribution >= 4 is 56.4 Å². The average Bonchev–Trinajstić information content (AvgIpc) is 2.88. The van der Waals surface area contributed by atoms with Crippen LogP contribution < -0.4 is 10.0 Å². The molecule has 0 saturated heterocycles. The number of thiophene rings is 1. The Kier molecular flexibility index (Phi) is 8.44. The van der Waals surface area contributed by atoms with Gasteiger partial charge in [0, 0.05) is 0 Å². The van der Waals surface area contributed by atoms with Crippen molar-refractivity contribution in [3.8, 4) is 0 Å². The van der Waals surface area contributed by atoms with Gasteiger partial charge < -0.3 is 10.1 Å². The number of carbonyl (C=O) groups is 2. The van der Waals surface area contributed by atoms with Gasteiger partial charge in [-0.15, -0.1) is 11.3 Å². The summed E-state index contributed by atoms with van der Waals surface area (Å²) in [5.41, 5.74) is 0. The highest BCUT2D eigenvalue weighted by atomic mass is 35.5. The molecule has 11 heteroatoms. The van der Waals surface area contributed by atoms with Gasteiger partial charge in [-0.1, -0.05) is 43.0 Å². The van der Waals surface area contributed by atoms with Crippen molar-refractivity contribution in [1.82, 2.24) is 10.0 Å². The van der Waals surface area contributed by atoms with Crippen molar-refractivity contribution in [2.24, 2.45) is 0 Å². The monoisotopic (exact) mass is 416 g/mol. The number of amides is 1. The van der Waals surface area contributed by atoms with E-state index >= 15 is 0 Å². The van der Waals surface area contributed by atoms with Gasteiger partial charge in [0.2, 0.25) is 15.9 Å². The molecular formula is C13H18Cl2N2O5S2. The molecule has 0 aromatic carbocycles. The number of methoxy groups -OCH3 is 1. The molecule has 0 aliphatic heterocycles. The maximum absolute atomic E-state index is 12.1. The number of ether oxygens (including phenoxy) is 1. The molecule has 0 fully saturated rings. The van der Waals surface area contributed by atoms with Crippen LogP contribution in [0.3, 0.4) is 0 Å². The predicted octanol–water partition coefficient (Wildman–Crippen LogP) is 2.18. The summed E-state index contributed by atoms with van der Waals surface area (Å²) in [7, 11) is -2.76. The van der Waals surface area contributed by atoms with Gasteiger partial charge in [0.1, 0.15) is 15.3 Å². The molecular weight excluding hydrogens is 399 g/mol. The van der Waals surface area contributed by atoms with Crippen LogP contribution in [0.2, 0.25) is 8.67 Å². The molecule has 24 heavy (non-hydrogen) atoms. The lowest BCUT2D eigenvalue weighted by molar-refractivity contribution is -0.145. The average molecular weight is 417 g/mol. The molecule has 2 N–H and O–H groups in total. The van der Waals surface area contributed by atoms with Crippen LogP contribution in [-0.4, -0.2) is 40.0 Å². The van der Waals surface area contributed by atoms with Crippen molar-refractivity contribution in [2.45, 2.75) is 37.1 Å². The zero-order chi connectivity index (χ0) is 18.3. The van der Waals surface area contributed by atoms with Gasteiger partial charge in [0.15, 0.2) is 0 Å². The maximum Gasteiger partial charge on any atom is 0.328 e. The minimum absolute atomic E-state index is 0.00305. The quantitative estimate of drug-likeness (QED) is 0.600. The van der Waals surface area contributed by atoms with Gasteiger partial charge in [-0.05, 0) is 12.5 Å². The first-order valence-corrected chi connectivity index (χ1v) is 10.1. The van der Waals surface area contributed by atoms with E-state index in [0.29, 0.717) is 6.42 Å². The summed E-state index contributed by atoms with van der Waals surface area (Å²) in [5, 5.41) is 2.45. The first kappa shape index (κ1) is 21.2. The highest BCUT2D eigenvalue weighted by Gasteiger charge is 2.24. The van der Waals surface area contributed by atoms with Crippen LogP contribution in [0.4, 0.5) is 0 Å². The molecule has 0 bridgehead atoms. The molecule has 136 valence electrons. The Hall–Kier alpha value is -0.870. The standard InChI is InChI=1S/C13H18Cl2N2O5S2/c1-3-4-5-8(13(19)22-2)17-11(18)7-16-24(20,21)9-6-10(14)23-12(9)15/h6,8,16H,3-5,7H2,1-2H3,(H,17,18). The first-order chi connectivity index (χ1) is 11.2. The second-order valence-corrected chi connectivity index (χ2v) is 8.82. The number of hydrogen-bond donors (Lipinski definition) is 2. The van der Waals surface area contributed by atoms with Gasteiger partial charge in [-0.25, -0.2) is 17.9 Å². The van der Waals surface area contributed by atoms with Crippen LogP contribution in [0.5, 0.6) is 0 Å². The zero-order valence-corrected chi connectivity index (χ0v) is 16.2. The molecule has 0 radical (unpaired) electrons. The molecule has 1 amide bonds. The smallest absolute Gasteiger partial charge is 0.328 e. The Bertz CT molecular complexity index is 691. The van der Waals surface area contributed by atoms with Crippen molar-refractivity contribution in [3.63, 3.8) is 0 Å². The number of unbranched alkanes of at least 4 members (excludes halogenated alkanes) is 1. The molecule has 1 aromatic rings. The van der Waals surface area contributed by atoms with Crippen LogP contribution in [0, 0.1) is 0 Å². The van der Waals surface area contributed by atoms with E-state index in [9.17, 15) is 18.0 Å². The van der Waals surface area contributed by atoms with Gasteiger partial charge in [-0.2, -0.15) is 0 Å². The molecule has 0 aliphatic rings. The Morgan fingerprint density at radius 3 is 2.54 bits per heavy atom. The molecule has 1 rings (SSSR count). The van der Waals surface area contributed by atoms with Crippen LogP contribution >= 0.6 is 34.5 Å². The van der Waals surface area contributed by atoms with Gasteiger partial charge in [-0.3, -0.25) is 4.79 Å². The lowest BCUT2D eigenvalue weighted by Crippen LogP contribution is -2.45. The number of esters is 1. The van der Waals surface area contributed by atoms with E-state index < -0.39 is 34.5 Å². The fourth-order valence-electron chi connectivity index (χ4n) is 1.79. The third-order valence-electron chi connectivity index (χ3n) is 3.00. The molecule has 1 aromatic heterocycles. The second kappa shape index (κ2) is 9.57. The lowest BCUT2D eigenvalue weighted by Gasteiger charge is -2.16. The lowest BCUT2D eigenvalue weighted by atomic mass is 10.1. The minimum atomic E-state index is -3.98. The normalized spacial score (nSPS) is 12.7. The zero-order valence-electron chi connectivity index (χ0n) is 13.1. The van der Waals surface area contributed by atoms with Gasteiger partial charge in [0.25, 0.3) is 0 Å². The molecule has 1 heterocycles. The first-order valence-electron chi connectivity index (χ1n) is 7.03. The van der Waals surface area contributed by atoms with Crippen LogP contribution in [0.15, 0.2) is 11.0 Å². The fraction of sp³-hybridized carbons (Fsp3) is 0.538. The van der Waals surface area contributed by atoms with E-state index in [1.165, 1.54) is 13.2 Å². The molecule has 1 atom stereocenters. The summed E-state index contributed by atoms with van der Waals surface area (Å²) in [6.45, 7) is 1.41. The largest absolute Gasteiger partial charge is 0.467 e. The predicted molar refractivity (Wildman–Crippen MR) is 93.0 cm³/mol. The van der Waals surface area contributed by atoms with E-state index in [1.54, 1.807) is 0 Å². The minimum Gasteiger partial charge on any atom is -0.467 e.